The molecule has 2 aromatic heterocycles. The van der Waals surface area contributed by atoms with Crippen molar-refractivity contribution in [1.82, 2.24) is 19.8 Å². The number of aromatic amines is 1. The summed E-state index contributed by atoms with van der Waals surface area (Å²) < 4.78 is 0. The minimum Gasteiger partial charge on any atom is -0.342 e. The van der Waals surface area contributed by atoms with Gasteiger partial charge in [0, 0.05) is 49.7 Å². The van der Waals surface area contributed by atoms with Crippen LogP contribution in [0.4, 0.5) is 10.5 Å². The fraction of sp³-hybridized carbons (Fsp3) is 0.400. The summed E-state index contributed by atoms with van der Waals surface area (Å²) in [7, 11) is 0. The highest BCUT2D eigenvalue weighted by Crippen LogP contribution is 2.19. The number of nitrogens with zero attached hydrogens (tertiary/aromatic N) is 3. The van der Waals surface area contributed by atoms with Gasteiger partial charge in [-0.2, -0.15) is 0 Å². The van der Waals surface area contributed by atoms with Crippen molar-refractivity contribution in [3.8, 4) is 0 Å². The van der Waals surface area contributed by atoms with Crippen molar-refractivity contribution in [2.24, 2.45) is 0 Å². The highest BCUT2D eigenvalue weighted by molar-refractivity contribution is 7.09. The summed E-state index contributed by atoms with van der Waals surface area (Å²) in [4.78, 5) is 26.3. The van der Waals surface area contributed by atoms with Crippen LogP contribution in [0.15, 0.2) is 35.7 Å². The van der Waals surface area contributed by atoms with Gasteiger partial charge >= 0.3 is 6.03 Å². The Morgan fingerprint density at radius 3 is 3.00 bits per heavy atom. The third-order valence-electron chi connectivity index (χ3n) is 4.95. The number of thiophene rings is 1. The summed E-state index contributed by atoms with van der Waals surface area (Å²) in [6, 6.07) is 10.1. The molecule has 1 fully saturated rings. The molecule has 142 valence electrons. The fourth-order valence-corrected chi connectivity index (χ4v) is 4.21. The molecule has 27 heavy (non-hydrogen) atoms. The Hall–Kier alpha value is -2.38. The van der Waals surface area contributed by atoms with E-state index in [0.717, 1.165) is 68.1 Å². The molecule has 0 bridgehead atoms. The number of urea groups is 1. The minimum absolute atomic E-state index is 0.0254. The summed E-state index contributed by atoms with van der Waals surface area (Å²) in [6.07, 6.45) is 1.87. The van der Waals surface area contributed by atoms with E-state index in [0.29, 0.717) is 0 Å². The molecular weight excluding hydrogens is 358 g/mol. The average Bonchev–Trinajstić information content (AvgIpc) is 3.26. The zero-order valence-electron chi connectivity index (χ0n) is 15.6. The first-order valence-corrected chi connectivity index (χ1v) is 10.4. The van der Waals surface area contributed by atoms with Crippen molar-refractivity contribution < 1.29 is 4.79 Å². The summed E-state index contributed by atoms with van der Waals surface area (Å²) in [6.45, 7) is 6.53. The number of carbonyl (C=O) groups excluding carboxylic acids is 1. The molecule has 1 saturated heterocycles. The first-order valence-electron chi connectivity index (χ1n) is 9.50. The Kier molecular flexibility index (Phi) is 5.40. The van der Waals surface area contributed by atoms with Crippen molar-refractivity contribution in [3.05, 3.63) is 46.4 Å². The number of amides is 2. The van der Waals surface area contributed by atoms with Crippen LogP contribution in [0, 0.1) is 0 Å². The van der Waals surface area contributed by atoms with Crippen molar-refractivity contribution in [2.75, 3.05) is 31.5 Å². The lowest BCUT2D eigenvalue weighted by Crippen LogP contribution is -2.37. The lowest BCUT2D eigenvalue weighted by atomic mass is 10.3. The maximum Gasteiger partial charge on any atom is 0.321 e. The average molecular weight is 384 g/mol. The number of benzene rings is 1. The summed E-state index contributed by atoms with van der Waals surface area (Å²) in [5.41, 5.74) is 2.70. The number of H-pyrrole nitrogens is 1. The van der Waals surface area contributed by atoms with Gasteiger partial charge in [0.05, 0.1) is 11.0 Å². The second-order valence-corrected chi connectivity index (χ2v) is 7.93. The maximum absolute atomic E-state index is 12.7. The molecule has 0 saturated carbocycles. The zero-order valence-corrected chi connectivity index (χ0v) is 16.4. The molecule has 1 aromatic carbocycles. The van der Waals surface area contributed by atoms with Gasteiger partial charge in [-0.05, 0) is 36.1 Å². The van der Waals surface area contributed by atoms with Gasteiger partial charge < -0.3 is 15.2 Å². The van der Waals surface area contributed by atoms with Gasteiger partial charge in [0.25, 0.3) is 0 Å². The predicted molar refractivity (Wildman–Crippen MR) is 110 cm³/mol. The third-order valence-corrected chi connectivity index (χ3v) is 5.81. The Bertz CT molecular complexity index is 904. The standard InChI is InChI=1S/C20H25N5OS/c1-2-19-22-17-7-6-15(13-18(17)23-19)21-20(26)25-9-4-8-24(10-11-25)14-16-5-3-12-27-16/h3,5-7,12-13H,2,4,8-11,14H2,1H3,(H,21,26)(H,22,23). The number of aryl methyl sites for hydroxylation is 1. The molecular formula is C20H25N5OS. The zero-order chi connectivity index (χ0) is 18.6. The first-order chi connectivity index (χ1) is 13.2. The third kappa shape index (κ3) is 4.31. The summed E-state index contributed by atoms with van der Waals surface area (Å²) in [5, 5.41) is 5.16. The van der Waals surface area contributed by atoms with Crippen LogP contribution in [0.3, 0.4) is 0 Å². The van der Waals surface area contributed by atoms with E-state index in [1.165, 1.54) is 4.88 Å². The van der Waals surface area contributed by atoms with E-state index >= 15 is 0 Å². The molecule has 6 nitrogen and oxygen atoms in total. The van der Waals surface area contributed by atoms with Crippen molar-refractivity contribution in [2.45, 2.75) is 26.3 Å². The smallest absolute Gasteiger partial charge is 0.321 e. The predicted octanol–water partition coefficient (Wildman–Crippen LogP) is 3.93. The van der Waals surface area contributed by atoms with E-state index in [9.17, 15) is 4.79 Å². The van der Waals surface area contributed by atoms with Gasteiger partial charge in [0.15, 0.2) is 0 Å². The van der Waals surface area contributed by atoms with E-state index in [2.05, 4.69) is 44.6 Å². The quantitative estimate of drug-likeness (QED) is 0.718. The molecule has 3 heterocycles. The van der Waals surface area contributed by atoms with Crippen LogP contribution < -0.4 is 5.32 Å². The number of imidazole rings is 1. The molecule has 0 unspecified atom stereocenters. The van der Waals surface area contributed by atoms with Crippen molar-refractivity contribution in [3.63, 3.8) is 0 Å². The fourth-order valence-electron chi connectivity index (χ4n) is 3.47. The SMILES string of the molecule is CCc1nc2ccc(NC(=O)N3CCCN(Cc4cccs4)CC3)cc2[nH]1. The Morgan fingerprint density at radius 2 is 2.19 bits per heavy atom. The van der Waals surface area contributed by atoms with Crippen LogP contribution in [0.1, 0.15) is 24.0 Å². The van der Waals surface area contributed by atoms with E-state index in [1.807, 2.05) is 23.1 Å². The molecule has 2 N–H and O–H groups in total. The molecule has 2 amide bonds. The second-order valence-electron chi connectivity index (χ2n) is 6.90. The van der Waals surface area contributed by atoms with Crippen LogP contribution in [0.25, 0.3) is 11.0 Å². The van der Waals surface area contributed by atoms with Gasteiger partial charge in [-0.15, -0.1) is 11.3 Å². The molecule has 3 aromatic rings. The molecule has 0 spiro atoms. The van der Waals surface area contributed by atoms with Gasteiger partial charge in [0.1, 0.15) is 5.82 Å². The normalized spacial score (nSPS) is 15.8. The largest absolute Gasteiger partial charge is 0.342 e. The lowest BCUT2D eigenvalue weighted by Gasteiger charge is -2.22. The van der Waals surface area contributed by atoms with E-state index in [4.69, 9.17) is 0 Å². The number of anilines is 1. The van der Waals surface area contributed by atoms with Crippen LogP contribution >= 0.6 is 11.3 Å². The van der Waals surface area contributed by atoms with Crippen molar-refractivity contribution in [1.29, 1.82) is 0 Å². The molecule has 4 rings (SSSR count). The Balaban J connectivity index is 1.36. The monoisotopic (exact) mass is 383 g/mol. The maximum atomic E-state index is 12.7. The molecule has 1 aliphatic heterocycles. The van der Waals surface area contributed by atoms with Gasteiger partial charge in [-0.1, -0.05) is 13.0 Å². The second kappa shape index (κ2) is 8.10. The number of nitrogens with one attached hydrogen (secondary N) is 2. The molecule has 7 heteroatoms. The van der Waals surface area contributed by atoms with Crippen LogP contribution in [0.2, 0.25) is 0 Å². The molecule has 1 aliphatic rings. The Labute approximate surface area is 163 Å². The van der Waals surface area contributed by atoms with E-state index < -0.39 is 0 Å². The number of fused-ring (bicyclic) bond motifs is 1. The summed E-state index contributed by atoms with van der Waals surface area (Å²) >= 11 is 1.79. The van der Waals surface area contributed by atoms with Gasteiger partial charge in [-0.3, -0.25) is 4.90 Å². The number of hydrogen-bond donors (Lipinski definition) is 2. The van der Waals surface area contributed by atoms with Crippen LogP contribution in [-0.4, -0.2) is 52.0 Å². The Morgan fingerprint density at radius 1 is 1.26 bits per heavy atom. The number of hydrogen-bond acceptors (Lipinski definition) is 4. The van der Waals surface area contributed by atoms with Gasteiger partial charge in [0.2, 0.25) is 0 Å². The van der Waals surface area contributed by atoms with Crippen LogP contribution in [0.5, 0.6) is 0 Å². The molecule has 0 radical (unpaired) electrons. The molecule has 0 atom stereocenters. The number of aromatic nitrogens is 2. The topological polar surface area (TPSA) is 64.3 Å². The molecule has 0 aliphatic carbocycles. The van der Waals surface area contributed by atoms with Crippen LogP contribution in [-0.2, 0) is 13.0 Å². The lowest BCUT2D eigenvalue weighted by molar-refractivity contribution is 0.211. The first kappa shape index (κ1) is 18.0. The van der Waals surface area contributed by atoms with E-state index in [-0.39, 0.29) is 6.03 Å². The minimum atomic E-state index is -0.0254. The summed E-state index contributed by atoms with van der Waals surface area (Å²) in [5.74, 6) is 0.965. The van der Waals surface area contributed by atoms with E-state index in [1.54, 1.807) is 11.3 Å². The highest BCUT2D eigenvalue weighted by Gasteiger charge is 2.19. The number of rotatable bonds is 4. The van der Waals surface area contributed by atoms with Gasteiger partial charge in [-0.25, -0.2) is 9.78 Å². The van der Waals surface area contributed by atoms with Crippen molar-refractivity contribution >= 4 is 34.1 Å². The highest BCUT2D eigenvalue weighted by atomic mass is 32.1. The number of carbonyl (C=O) groups is 1.